The molecule has 1 aliphatic rings. The molecule has 1 N–H and O–H groups in total. The number of carbonyl (C=O) groups is 2. The zero-order valence-corrected chi connectivity index (χ0v) is 6.57. The van der Waals surface area contributed by atoms with Gasteiger partial charge in [-0.25, -0.2) is 4.79 Å². The Hall–Kier alpha value is -1.06. The first-order chi connectivity index (χ1) is 5.09. The smallest absolute Gasteiger partial charge is 0.327 e. The standard InChI is InChI=1S/C7H11NO3/c1-3-4-5(7(10)11)8(2)6(4)9/h4-5H,3H2,1-2H3,(H,10,11)/t4?,5-/m0/s1. The van der Waals surface area contributed by atoms with Crippen molar-refractivity contribution in [1.29, 1.82) is 0 Å². The Labute approximate surface area is 64.8 Å². The van der Waals surface area contributed by atoms with Gasteiger partial charge in [0.05, 0.1) is 5.92 Å². The lowest BCUT2D eigenvalue weighted by Gasteiger charge is -2.41. The zero-order valence-electron chi connectivity index (χ0n) is 6.57. The highest BCUT2D eigenvalue weighted by molar-refractivity contribution is 5.96. The maximum absolute atomic E-state index is 11.0. The van der Waals surface area contributed by atoms with Gasteiger partial charge < -0.3 is 10.0 Å². The van der Waals surface area contributed by atoms with Gasteiger partial charge in [-0.1, -0.05) is 6.92 Å². The molecule has 0 aromatic rings. The third kappa shape index (κ3) is 0.982. The largest absolute Gasteiger partial charge is 0.480 e. The van der Waals surface area contributed by atoms with Crippen molar-refractivity contribution in [3.63, 3.8) is 0 Å². The van der Waals surface area contributed by atoms with Crippen LogP contribution in [0.3, 0.4) is 0 Å². The number of β-lactam (4-membered cyclic amide) rings is 1. The molecule has 0 bridgehead atoms. The molecule has 1 fully saturated rings. The molecule has 2 atom stereocenters. The summed E-state index contributed by atoms with van der Waals surface area (Å²) in [4.78, 5) is 22.8. The number of carboxylic acids is 1. The van der Waals surface area contributed by atoms with E-state index in [1.54, 1.807) is 0 Å². The van der Waals surface area contributed by atoms with E-state index in [1.807, 2.05) is 6.92 Å². The molecule has 4 heteroatoms. The first kappa shape index (κ1) is 8.04. The first-order valence-electron chi connectivity index (χ1n) is 3.59. The molecule has 0 spiro atoms. The van der Waals surface area contributed by atoms with Crippen LogP contribution in [0, 0.1) is 5.92 Å². The third-order valence-corrected chi connectivity index (χ3v) is 2.16. The van der Waals surface area contributed by atoms with Crippen molar-refractivity contribution in [2.24, 2.45) is 5.92 Å². The van der Waals surface area contributed by atoms with Gasteiger partial charge in [0, 0.05) is 7.05 Å². The van der Waals surface area contributed by atoms with E-state index >= 15 is 0 Å². The first-order valence-corrected chi connectivity index (χ1v) is 3.59. The maximum Gasteiger partial charge on any atom is 0.327 e. The fraction of sp³-hybridized carbons (Fsp3) is 0.714. The number of carboxylic acid groups (broad SMARTS) is 1. The van der Waals surface area contributed by atoms with Crippen LogP contribution in [0.1, 0.15) is 13.3 Å². The molecule has 0 saturated carbocycles. The highest BCUT2D eigenvalue weighted by Gasteiger charge is 2.48. The lowest BCUT2D eigenvalue weighted by Crippen LogP contribution is -2.62. The second-order valence-corrected chi connectivity index (χ2v) is 2.75. The van der Waals surface area contributed by atoms with Crippen LogP contribution in [0.15, 0.2) is 0 Å². The summed E-state index contributed by atoms with van der Waals surface area (Å²) < 4.78 is 0. The Kier molecular flexibility index (Phi) is 1.85. The minimum atomic E-state index is -0.904. The van der Waals surface area contributed by atoms with E-state index in [-0.39, 0.29) is 11.8 Å². The van der Waals surface area contributed by atoms with Crippen molar-refractivity contribution in [1.82, 2.24) is 4.90 Å². The quantitative estimate of drug-likeness (QED) is 0.571. The van der Waals surface area contributed by atoms with Crippen LogP contribution in [0.25, 0.3) is 0 Å². The minimum Gasteiger partial charge on any atom is -0.480 e. The number of likely N-dealkylation sites (N-methyl/N-ethyl adjacent to an activating group) is 1. The van der Waals surface area contributed by atoms with Crippen LogP contribution in [0.4, 0.5) is 0 Å². The van der Waals surface area contributed by atoms with E-state index in [9.17, 15) is 9.59 Å². The monoisotopic (exact) mass is 157 g/mol. The van der Waals surface area contributed by atoms with Crippen molar-refractivity contribution < 1.29 is 14.7 Å². The fourth-order valence-corrected chi connectivity index (χ4v) is 1.46. The number of amides is 1. The summed E-state index contributed by atoms with van der Waals surface area (Å²) in [6.07, 6.45) is 0.611. The van der Waals surface area contributed by atoms with Gasteiger partial charge in [0.2, 0.25) is 5.91 Å². The predicted molar refractivity (Wildman–Crippen MR) is 38.0 cm³/mol. The van der Waals surface area contributed by atoms with Crippen molar-refractivity contribution in [2.45, 2.75) is 19.4 Å². The lowest BCUT2D eigenvalue weighted by atomic mass is 9.86. The average molecular weight is 157 g/mol. The van der Waals surface area contributed by atoms with Gasteiger partial charge in [-0.2, -0.15) is 0 Å². The van der Waals surface area contributed by atoms with E-state index < -0.39 is 12.0 Å². The Morgan fingerprint density at radius 3 is 2.55 bits per heavy atom. The number of nitrogens with zero attached hydrogens (tertiary/aromatic N) is 1. The summed E-state index contributed by atoms with van der Waals surface area (Å²) in [5.74, 6) is -1.25. The number of carbonyl (C=O) groups excluding carboxylic acids is 1. The van der Waals surface area contributed by atoms with E-state index in [4.69, 9.17) is 5.11 Å². The van der Waals surface area contributed by atoms with Crippen LogP contribution in [-0.2, 0) is 9.59 Å². The summed E-state index contributed by atoms with van der Waals surface area (Å²) in [6, 6.07) is -0.590. The molecule has 62 valence electrons. The van der Waals surface area contributed by atoms with E-state index in [0.717, 1.165) is 0 Å². The minimum absolute atomic E-state index is 0.0556. The van der Waals surface area contributed by atoms with Gasteiger partial charge in [0.15, 0.2) is 0 Å². The Morgan fingerprint density at radius 2 is 2.27 bits per heavy atom. The van der Waals surface area contributed by atoms with Crippen molar-refractivity contribution in [2.75, 3.05) is 7.05 Å². The highest BCUT2D eigenvalue weighted by Crippen LogP contribution is 2.27. The second-order valence-electron chi connectivity index (χ2n) is 2.75. The molecule has 4 nitrogen and oxygen atoms in total. The normalized spacial score (nSPS) is 30.0. The summed E-state index contributed by atoms with van der Waals surface area (Å²) in [5.41, 5.74) is 0. The Balaban J connectivity index is 2.67. The predicted octanol–water partition coefficient (Wildman–Crippen LogP) is -0.0622. The fourth-order valence-electron chi connectivity index (χ4n) is 1.46. The van der Waals surface area contributed by atoms with Gasteiger partial charge in [-0.05, 0) is 6.42 Å². The average Bonchev–Trinajstić information content (AvgIpc) is 1.96. The van der Waals surface area contributed by atoms with Crippen LogP contribution >= 0.6 is 0 Å². The van der Waals surface area contributed by atoms with Gasteiger partial charge in [0.25, 0.3) is 0 Å². The van der Waals surface area contributed by atoms with Crippen molar-refractivity contribution >= 4 is 11.9 Å². The molecule has 0 aromatic heterocycles. The molecule has 1 rings (SSSR count). The highest BCUT2D eigenvalue weighted by atomic mass is 16.4. The number of rotatable bonds is 2. The van der Waals surface area contributed by atoms with E-state index in [0.29, 0.717) is 6.42 Å². The molecule has 0 aromatic carbocycles. The summed E-state index contributed by atoms with van der Waals surface area (Å²) in [6.45, 7) is 1.82. The molecular formula is C7H11NO3. The van der Waals surface area contributed by atoms with Gasteiger partial charge in [-0.3, -0.25) is 4.79 Å². The number of hydrogen-bond acceptors (Lipinski definition) is 2. The third-order valence-electron chi connectivity index (χ3n) is 2.16. The van der Waals surface area contributed by atoms with Crippen LogP contribution < -0.4 is 0 Å². The van der Waals surface area contributed by atoms with Crippen molar-refractivity contribution in [3.8, 4) is 0 Å². The summed E-state index contributed by atoms with van der Waals surface area (Å²) >= 11 is 0. The second kappa shape index (κ2) is 2.53. The molecular weight excluding hydrogens is 146 g/mol. The SMILES string of the molecule is CCC1C(=O)N(C)[C@@H]1C(=O)O. The van der Waals surface area contributed by atoms with Crippen LogP contribution in [0.5, 0.6) is 0 Å². The molecule has 1 aliphatic heterocycles. The molecule has 1 amide bonds. The lowest BCUT2D eigenvalue weighted by molar-refractivity contribution is -0.168. The molecule has 0 radical (unpaired) electrons. The molecule has 1 saturated heterocycles. The van der Waals surface area contributed by atoms with Crippen LogP contribution in [-0.4, -0.2) is 35.0 Å². The maximum atomic E-state index is 11.0. The summed E-state index contributed by atoms with van der Waals surface area (Å²) in [5, 5.41) is 8.63. The number of hydrogen-bond donors (Lipinski definition) is 1. The number of aliphatic carboxylic acids is 1. The molecule has 0 aliphatic carbocycles. The van der Waals surface area contributed by atoms with Gasteiger partial charge in [0.1, 0.15) is 6.04 Å². The molecule has 11 heavy (non-hydrogen) atoms. The zero-order chi connectivity index (χ0) is 8.59. The van der Waals surface area contributed by atoms with E-state index in [2.05, 4.69) is 0 Å². The van der Waals surface area contributed by atoms with E-state index in [1.165, 1.54) is 11.9 Å². The topological polar surface area (TPSA) is 57.6 Å². The Bertz CT molecular complexity index is 202. The van der Waals surface area contributed by atoms with Gasteiger partial charge >= 0.3 is 5.97 Å². The number of likely N-dealkylation sites (tertiary alicyclic amines) is 1. The van der Waals surface area contributed by atoms with Crippen molar-refractivity contribution in [3.05, 3.63) is 0 Å². The molecule has 1 unspecified atom stereocenters. The van der Waals surface area contributed by atoms with Gasteiger partial charge in [-0.15, -0.1) is 0 Å². The molecule has 1 heterocycles. The van der Waals surface area contributed by atoms with Crippen LogP contribution in [0.2, 0.25) is 0 Å². The summed E-state index contributed by atoms with van der Waals surface area (Å²) in [7, 11) is 1.52. The Morgan fingerprint density at radius 1 is 1.73 bits per heavy atom.